The maximum Gasteiger partial charge on any atom is 0.255 e. The fourth-order valence-corrected chi connectivity index (χ4v) is 3.25. The number of sulfonamides is 1. The Morgan fingerprint density at radius 1 is 1.09 bits per heavy atom. The van der Waals surface area contributed by atoms with Crippen molar-refractivity contribution in [1.29, 1.82) is 0 Å². The number of phenolic OH excluding ortho intramolecular Hbond substituents is 1. The Hall–Kier alpha value is -2.38. The quantitative estimate of drug-likeness (QED) is 0.731. The van der Waals surface area contributed by atoms with E-state index in [1.54, 1.807) is 32.0 Å². The Morgan fingerprint density at radius 2 is 1.78 bits per heavy atom. The lowest BCUT2D eigenvalue weighted by Crippen LogP contribution is -2.30. The highest BCUT2D eigenvalue weighted by atomic mass is 32.2. The van der Waals surface area contributed by atoms with Crippen LogP contribution in [-0.4, -0.2) is 25.5 Å². The molecule has 7 heteroatoms. The number of nitrogens with one attached hydrogen (secondary N) is 2. The summed E-state index contributed by atoms with van der Waals surface area (Å²) in [6.45, 7) is 3.43. The summed E-state index contributed by atoms with van der Waals surface area (Å²) in [5, 5.41) is 12.2. The molecular weight excluding hydrogens is 316 g/mol. The molecule has 0 aromatic heterocycles. The second-order valence-corrected chi connectivity index (χ2v) is 6.99. The molecule has 0 unspecified atom stereocenters. The molecule has 1 amide bonds. The second kappa shape index (κ2) is 6.80. The highest BCUT2D eigenvalue weighted by molar-refractivity contribution is 7.89. The van der Waals surface area contributed by atoms with Crippen LogP contribution in [0.5, 0.6) is 5.75 Å². The lowest BCUT2D eigenvalue weighted by molar-refractivity contribution is 0.102. The van der Waals surface area contributed by atoms with Crippen LogP contribution in [0.15, 0.2) is 53.4 Å². The molecule has 2 rings (SSSR count). The van der Waals surface area contributed by atoms with Gasteiger partial charge >= 0.3 is 0 Å². The predicted octanol–water partition coefficient (Wildman–Crippen LogP) is 2.33. The van der Waals surface area contributed by atoms with Gasteiger partial charge in [-0.2, -0.15) is 0 Å². The van der Waals surface area contributed by atoms with Crippen molar-refractivity contribution in [1.82, 2.24) is 4.72 Å². The number of rotatable bonds is 5. The molecule has 0 heterocycles. The highest BCUT2D eigenvalue weighted by Crippen LogP contribution is 2.22. The monoisotopic (exact) mass is 334 g/mol. The SMILES string of the molecule is CC(C)NS(=O)(=O)c1cccc(C(=O)Nc2ccccc2O)c1. The van der Waals surface area contributed by atoms with Gasteiger partial charge in [0.15, 0.2) is 0 Å². The van der Waals surface area contributed by atoms with Gasteiger partial charge in [0.1, 0.15) is 5.75 Å². The standard InChI is InChI=1S/C16H18N2O4S/c1-11(2)18-23(21,22)13-7-5-6-12(10-13)16(20)17-14-8-3-4-9-15(14)19/h3-11,18-19H,1-2H3,(H,17,20). The van der Waals surface area contributed by atoms with Crippen molar-refractivity contribution in [3.63, 3.8) is 0 Å². The number of amides is 1. The van der Waals surface area contributed by atoms with Gasteiger partial charge in [-0.3, -0.25) is 4.79 Å². The van der Waals surface area contributed by atoms with Gasteiger partial charge in [-0.15, -0.1) is 0 Å². The summed E-state index contributed by atoms with van der Waals surface area (Å²) in [6, 6.07) is 11.8. The lowest BCUT2D eigenvalue weighted by Gasteiger charge is -2.11. The molecule has 0 radical (unpaired) electrons. The summed E-state index contributed by atoms with van der Waals surface area (Å²) < 4.78 is 26.8. The number of anilines is 1. The van der Waals surface area contributed by atoms with Crippen LogP contribution in [0, 0.1) is 0 Å². The van der Waals surface area contributed by atoms with Crippen LogP contribution in [0.2, 0.25) is 0 Å². The van der Waals surface area contributed by atoms with Gasteiger partial charge in [0, 0.05) is 11.6 Å². The van der Waals surface area contributed by atoms with E-state index in [2.05, 4.69) is 10.0 Å². The minimum Gasteiger partial charge on any atom is -0.506 e. The molecule has 0 aliphatic carbocycles. The number of para-hydroxylation sites is 2. The number of benzene rings is 2. The van der Waals surface area contributed by atoms with Crippen LogP contribution < -0.4 is 10.0 Å². The molecule has 6 nitrogen and oxygen atoms in total. The van der Waals surface area contributed by atoms with Crippen molar-refractivity contribution in [3.8, 4) is 5.75 Å². The van der Waals surface area contributed by atoms with Gasteiger partial charge in [-0.25, -0.2) is 13.1 Å². The first-order chi connectivity index (χ1) is 10.8. The Kier molecular flexibility index (Phi) is 5.02. The van der Waals surface area contributed by atoms with Crippen molar-refractivity contribution in [2.75, 3.05) is 5.32 Å². The zero-order valence-electron chi connectivity index (χ0n) is 12.8. The van der Waals surface area contributed by atoms with E-state index in [1.165, 1.54) is 30.3 Å². The number of carbonyl (C=O) groups is 1. The second-order valence-electron chi connectivity index (χ2n) is 5.28. The maximum atomic E-state index is 12.2. The molecular formula is C16H18N2O4S. The first-order valence-corrected chi connectivity index (χ1v) is 8.49. The van der Waals surface area contributed by atoms with Crippen LogP contribution in [0.25, 0.3) is 0 Å². The zero-order chi connectivity index (χ0) is 17.0. The minimum absolute atomic E-state index is 0.0103. The Bertz CT molecular complexity index is 816. The molecule has 3 N–H and O–H groups in total. The molecule has 0 aliphatic heterocycles. The number of carbonyl (C=O) groups excluding carboxylic acids is 1. The molecule has 0 saturated carbocycles. The van der Waals surface area contributed by atoms with Crippen LogP contribution in [0.1, 0.15) is 24.2 Å². The normalized spacial score (nSPS) is 11.4. The first kappa shape index (κ1) is 17.0. The Balaban J connectivity index is 2.26. The van der Waals surface area contributed by atoms with Crippen molar-refractivity contribution >= 4 is 21.6 Å². The molecule has 0 aliphatic rings. The fourth-order valence-electron chi connectivity index (χ4n) is 1.96. The van der Waals surface area contributed by atoms with Crippen LogP contribution >= 0.6 is 0 Å². The maximum absolute atomic E-state index is 12.2. The van der Waals surface area contributed by atoms with Crippen molar-refractivity contribution in [2.24, 2.45) is 0 Å². The summed E-state index contributed by atoms with van der Waals surface area (Å²) in [4.78, 5) is 12.2. The average Bonchev–Trinajstić information content (AvgIpc) is 2.48. The smallest absolute Gasteiger partial charge is 0.255 e. The zero-order valence-corrected chi connectivity index (χ0v) is 13.6. The van der Waals surface area contributed by atoms with Gasteiger partial charge in [0.2, 0.25) is 10.0 Å². The first-order valence-electron chi connectivity index (χ1n) is 7.01. The number of phenols is 1. The van der Waals surface area contributed by atoms with Gasteiger partial charge in [-0.05, 0) is 44.2 Å². The van der Waals surface area contributed by atoms with Gasteiger partial charge in [-0.1, -0.05) is 18.2 Å². The van der Waals surface area contributed by atoms with E-state index in [9.17, 15) is 18.3 Å². The highest BCUT2D eigenvalue weighted by Gasteiger charge is 2.17. The molecule has 0 bridgehead atoms. The third-order valence-electron chi connectivity index (χ3n) is 2.95. The van der Waals surface area contributed by atoms with E-state index in [0.717, 1.165) is 0 Å². The van der Waals surface area contributed by atoms with Crippen LogP contribution in [0.3, 0.4) is 0 Å². The van der Waals surface area contributed by atoms with E-state index in [-0.39, 0.29) is 27.9 Å². The van der Waals surface area contributed by atoms with Gasteiger partial charge in [0.05, 0.1) is 10.6 Å². The summed E-state index contributed by atoms with van der Waals surface area (Å²) in [5.41, 5.74) is 0.436. The minimum atomic E-state index is -3.68. The third-order valence-corrected chi connectivity index (χ3v) is 4.61. The van der Waals surface area contributed by atoms with Crippen LogP contribution in [0.4, 0.5) is 5.69 Å². The number of hydrogen-bond donors (Lipinski definition) is 3. The van der Waals surface area contributed by atoms with Crippen LogP contribution in [-0.2, 0) is 10.0 Å². The third kappa shape index (κ3) is 4.30. The largest absolute Gasteiger partial charge is 0.506 e. The number of hydrogen-bond acceptors (Lipinski definition) is 4. The molecule has 122 valence electrons. The molecule has 0 saturated heterocycles. The van der Waals surface area contributed by atoms with Gasteiger partial charge < -0.3 is 10.4 Å². The topological polar surface area (TPSA) is 95.5 Å². The molecule has 23 heavy (non-hydrogen) atoms. The summed E-state index contributed by atoms with van der Waals surface area (Å²) in [5.74, 6) is -0.570. The molecule has 0 atom stereocenters. The Labute approximate surface area is 135 Å². The van der Waals surface area contributed by atoms with E-state index in [1.807, 2.05) is 0 Å². The van der Waals surface area contributed by atoms with Crippen molar-refractivity contribution in [3.05, 3.63) is 54.1 Å². The molecule has 2 aromatic rings. The lowest BCUT2D eigenvalue weighted by atomic mass is 10.2. The Morgan fingerprint density at radius 3 is 2.43 bits per heavy atom. The fraction of sp³-hybridized carbons (Fsp3) is 0.188. The van der Waals surface area contributed by atoms with Gasteiger partial charge in [0.25, 0.3) is 5.91 Å². The summed E-state index contributed by atoms with van der Waals surface area (Å²) >= 11 is 0. The van der Waals surface area contributed by atoms with E-state index >= 15 is 0 Å². The predicted molar refractivity (Wildman–Crippen MR) is 88.0 cm³/mol. The van der Waals surface area contributed by atoms with E-state index in [0.29, 0.717) is 0 Å². The molecule has 0 spiro atoms. The van der Waals surface area contributed by atoms with Crippen molar-refractivity contribution < 1.29 is 18.3 Å². The van der Waals surface area contributed by atoms with E-state index < -0.39 is 15.9 Å². The summed E-state index contributed by atoms with van der Waals surface area (Å²) in [7, 11) is -3.68. The van der Waals surface area contributed by atoms with Crippen molar-refractivity contribution in [2.45, 2.75) is 24.8 Å². The average molecular weight is 334 g/mol. The molecule has 0 fully saturated rings. The van der Waals surface area contributed by atoms with E-state index in [4.69, 9.17) is 0 Å². The summed E-state index contributed by atoms with van der Waals surface area (Å²) in [6.07, 6.45) is 0. The number of aromatic hydroxyl groups is 1. The molecule has 2 aromatic carbocycles.